The maximum Gasteiger partial charge on any atom is 0.128 e. The highest BCUT2D eigenvalue weighted by Gasteiger charge is 2.14. The monoisotopic (exact) mass is 275 g/mol. The van der Waals surface area contributed by atoms with E-state index in [1.54, 1.807) is 6.92 Å². The minimum Gasteiger partial charge on any atom is -0.378 e. The minimum absolute atomic E-state index is 0.294. The van der Waals surface area contributed by atoms with E-state index in [9.17, 15) is 8.78 Å². The molecule has 2 aromatic carbocycles. The largest absolute Gasteiger partial charge is 0.378 e. The molecule has 1 unspecified atom stereocenters. The van der Waals surface area contributed by atoms with E-state index in [2.05, 4.69) is 12.2 Å². The molecule has 0 spiro atoms. The molecule has 0 aliphatic heterocycles. The summed E-state index contributed by atoms with van der Waals surface area (Å²) in [6.07, 6.45) is 0.890. The first-order chi connectivity index (χ1) is 9.52. The molecular weight excluding hydrogens is 256 g/mol. The van der Waals surface area contributed by atoms with Crippen molar-refractivity contribution in [1.82, 2.24) is 0 Å². The number of halogens is 2. The topological polar surface area (TPSA) is 12.0 Å². The maximum atomic E-state index is 14.0. The van der Waals surface area contributed by atoms with E-state index in [4.69, 9.17) is 0 Å². The van der Waals surface area contributed by atoms with Gasteiger partial charge in [0, 0.05) is 11.3 Å². The zero-order chi connectivity index (χ0) is 14.7. The smallest absolute Gasteiger partial charge is 0.128 e. The van der Waals surface area contributed by atoms with Crippen LogP contribution in [0.15, 0.2) is 36.4 Å². The highest BCUT2D eigenvalue weighted by atomic mass is 19.1. The molecule has 106 valence electrons. The molecule has 2 rings (SSSR count). The summed E-state index contributed by atoms with van der Waals surface area (Å²) in [7, 11) is 0. The third-order valence-corrected chi connectivity index (χ3v) is 3.51. The van der Waals surface area contributed by atoms with Crippen LogP contribution in [0.25, 0.3) is 0 Å². The predicted octanol–water partition coefficient (Wildman–Crippen LogP) is 5.01. The second-order valence-electron chi connectivity index (χ2n) is 5.00. The van der Waals surface area contributed by atoms with Crippen LogP contribution in [0, 0.1) is 18.6 Å². The molecule has 0 bridgehead atoms. The first-order valence-corrected chi connectivity index (χ1v) is 6.83. The molecule has 0 saturated heterocycles. The van der Waals surface area contributed by atoms with Crippen LogP contribution in [0.2, 0.25) is 0 Å². The van der Waals surface area contributed by atoms with E-state index >= 15 is 0 Å². The molecule has 0 aliphatic rings. The van der Waals surface area contributed by atoms with Gasteiger partial charge in [-0.1, -0.05) is 25.1 Å². The van der Waals surface area contributed by atoms with Crippen LogP contribution < -0.4 is 5.32 Å². The Kier molecular flexibility index (Phi) is 4.38. The number of nitrogens with one attached hydrogen (secondary N) is 1. The van der Waals surface area contributed by atoms with Gasteiger partial charge in [-0.15, -0.1) is 0 Å². The third kappa shape index (κ3) is 2.98. The second kappa shape index (κ2) is 6.04. The van der Waals surface area contributed by atoms with Gasteiger partial charge in [0.25, 0.3) is 0 Å². The van der Waals surface area contributed by atoms with Gasteiger partial charge in [-0.3, -0.25) is 0 Å². The van der Waals surface area contributed by atoms with Crippen molar-refractivity contribution in [2.24, 2.45) is 0 Å². The summed E-state index contributed by atoms with van der Waals surface area (Å²) in [5.41, 5.74) is 2.79. The highest BCUT2D eigenvalue weighted by molar-refractivity contribution is 5.52. The SMILES string of the molecule is CCc1ccccc1NC(C)c1cc(F)c(C)cc1F. The van der Waals surface area contributed by atoms with Crippen molar-refractivity contribution < 1.29 is 8.78 Å². The normalized spacial score (nSPS) is 12.2. The van der Waals surface area contributed by atoms with Crippen molar-refractivity contribution in [2.75, 3.05) is 5.32 Å². The Hall–Kier alpha value is -1.90. The quantitative estimate of drug-likeness (QED) is 0.827. The molecule has 2 aromatic rings. The zero-order valence-electron chi connectivity index (χ0n) is 12.0. The predicted molar refractivity (Wildman–Crippen MR) is 79.0 cm³/mol. The van der Waals surface area contributed by atoms with Crippen molar-refractivity contribution in [3.8, 4) is 0 Å². The van der Waals surface area contributed by atoms with E-state index in [0.717, 1.165) is 17.7 Å². The fourth-order valence-electron chi connectivity index (χ4n) is 2.27. The van der Waals surface area contributed by atoms with E-state index in [-0.39, 0.29) is 17.7 Å². The van der Waals surface area contributed by atoms with Gasteiger partial charge in [-0.2, -0.15) is 0 Å². The fourth-order valence-corrected chi connectivity index (χ4v) is 2.27. The van der Waals surface area contributed by atoms with E-state index in [1.165, 1.54) is 12.1 Å². The molecule has 0 saturated carbocycles. The molecule has 1 N–H and O–H groups in total. The van der Waals surface area contributed by atoms with E-state index < -0.39 is 0 Å². The van der Waals surface area contributed by atoms with Gasteiger partial charge in [0.2, 0.25) is 0 Å². The summed E-state index contributed by atoms with van der Waals surface area (Å²) in [5.74, 6) is -0.753. The Bertz CT molecular complexity index is 608. The average Bonchev–Trinajstić information content (AvgIpc) is 2.43. The van der Waals surface area contributed by atoms with Gasteiger partial charge in [0.1, 0.15) is 11.6 Å². The molecule has 1 nitrogen and oxygen atoms in total. The third-order valence-electron chi connectivity index (χ3n) is 3.51. The van der Waals surface area contributed by atoms with Crippen molar-refractivity contribution in [2.45, 2.75) is 33.2 Å². The molecule has 0 aromatic heterocycles. The Labute approximate surface area is 118 Å². The van der Waals surface area contributed by atoms with Crippen molar-refractivity contribution in [1.29, 1.82) is 0 Å². The lowest BCUT2D eigenvalue weighted by molar-refractivity contribution is 0.571. The summed E-state index contributed by atoms with van der Waals surface area (Å²) in [4.78, 5) is 0. The summed E-state index contributed by atoms with van der Waals surface area (Å²) in [5, 5.41) is 3.26. The molecule has 20 heavy (non-hydrogen) atoms. The highest BCUT2D eigenvalue weighted by Crippen LogP contribution is 2.26. The Morgan fingerprint density at radius 3 is 2.50 bits per heavy atom. The Morgan fingerprint density at radius 1 is 1.10 bits per heavy atom. The first-order valence-electron chi connectivity index (χ1n) is 6.83. The van der Waals surface area contributed by atoms with Crippen molar-refractivity contribution >= 4 is 5.69 Å². The molecule has 0 heterocycles. The number of anilines is 1. The van der Waals surface area contributed by atoms with Gasteiger partial charge < -0.3 is 5.32 Å². The lowest BCUT2D eigenvalue weighted by atomic mass is 10.0. The molecule has 0 fully saturated rings. The number of para-hydroxylation sites is 1. The molecular formula is C17H19F2N. The summed E-state index contributed by atoms with van der Waals surface area (Å²) in [6.45, 7) is 5.46. The van der Waals surface area contributed by atoms with Gasteiger partial charge in [-0.25, -0.2) is 8.78 Å². The standard InChI is InChI=1S/C17H19F2N/c1-4-13-7-5-6-8-17(13)20-12(3)14-10-15(18)11(2)9-16(14)19/h5-10,12,20H,4H2,1-3H3. The average molecular weight is 275 g/mol. The van der Waals surface area contributed by atoms with Gasteiger partial charge >= 0.3 is 0 Å². The lowest BCUT2D eigenvalue weighted by Crippen LogP contribution is -2.11. The van der Waals surface area contributed by atoms with Crippen LogP contribution >= 0.6 is 0 Å². The second-order valence-corrected chi connectivity index (χ2v) is 5.00. The number of benzene rings is 2. The van der Waals surface area contributed by atoms with Gasteiger partial charge in [0.05, 0.1) is 6.04 Å². The van der Waals surface area contributed by atoms with Crippen LogP contribution in [0.5, 0.6) is 0 Å². The Morgan fingerprint density at radius 2 is 1.80 bits per heavy atom. The van der Waals surface area contributed by atoms with E-state index in [0.29, 0.717) is 11.1 Å². The van der Waals surface area contributed by atoms with Crippen LogP contribution in [-0.2, 0) is 6.42 Å². The summed E-state index contributed by atoms with van der Waals surface area (Å²) < 4.78 is 27.6. The van der Waals surface area contributed by atoms with Crippen LogP contribution in [0.3, 0.4) is 0 Å². The van der Waals surface area contributed by atoms with Crippen LogP contribution in [0.1, 0.15) is 36.6 Å². The molecule has 1 atom stereocenters. The van der Waals surface area contributed by atoms with Crippen LogP contribution in [0.4, 0.5) is 14.5 Å². The minimum atomic E-state index is -0.377. The number of rotatable bonds is 4. The fraction of sp³-hybridized carbons (Fsp3) is 0.294. The first kappa shape index (κ1) is 14.5. The summed E-state index contributed by atoms with van der Waals surface area (Å²) in [6, 6.07) is 10.1. The number of aryl methyl sites for hydroxylation is 2. The maximum absolute atomic E-state index is 14.0. The van der Waals surface area contributed by atoms with Crippen molar-refractivity contribution in [3.05, 3.63) is 64.7 Å². The number of hydrogen-bond acceptors (Lipinski definition) is 1. The van der Waals surface area contributed by atoms with Gasteiger partial charge in [0.15, 0.2) is 0 Å². The van der Waals surface area contributed by atoms with Gasteiger partial charge in [-0.05, 0) is 49.6 Å². The molecule has 0 radical (unpaired) electrons. The number of hydrogen-bond donors (Lipinski definition) is 1. The molecule has 0 amide bonds. The Balaban J connectivity index is 2.28. The van der Waals surface area contributed by atoms with Crippen LogP contribution in [-0.4, -0.2) is 0 Å². The molecule has 0 aliphatic carbocycles. The van der Waals surface area contributed by atoms with Crippen molar-refractivity contribution in [3.63, 3.8) is 0 Å². The lowest BCUT2D eigenvalue weighted by Gasteiger charge is -2.19. The van der Waals surface area contributed by atoms with E-state index in [1.807, 2.05) is 31.2 Å². The zero-order valence-corrected chi connectivity index (χ0v) is 12.0. The summed E-state index contributed by atoms with van der Waals surface area (Å²) >= 11 is 0. The molecule has 3 heteroatoms.